The quantitative estimate of drug-likeness (QED) is 0.830. The fourth-order valence-corrected chi connectivity index (χ4v) is 2.36. The van der Waals surface area contributed by atoms with E-state index in [0.29, 0.717) is 12.6 Å². The second-order valence-corrected chi connectivity index (χ2v) is 5.07. The fourth-order valence-electron chi connectivity index (χ4n) is 2.36. The zero-order valence-corrected chi connectivity index (χ0v) is 10.5. The monoisotopic (exact) mass is 245 g/mol. The maximum absolute atomic E-state index is 11.9. The van der Waals surface area contributed by atoms with E-state index < -0.39 is 0 Å². The highest BCUT2D eigenvalue weighted by atomic mass is 16.2. The van der Waals surface area contributed by atoms with E-state index >= 15 is 0 Å². The van der Waals surface area contributed by atoms with E-state index in [-0.39, 0.29) is 5.91 Å². The van der Waals surface area contributed by atoms with Crippen molar-refractivity contribution in [3.8, 4) is 0 Å². The Hall–Kier alpha value is -1.55. The first-order valence-electron chi connectivity index (χ1n) is 6.66. The zero-order chi connectivity index (χ0) is 12.4. The van der Waals surface area contributed by atoms with Gasteiger partial charge in [-0.3, -0.25) is 4.79 Å². The van der Waals surface area contributed by atoms with Gasteiger partial charge in [-0.05, 0) is 24.5 Å². The second-order valence-electron chi connectivity index (χ2n) is 5.07. The lowest BCUT2D eigenvalue weighted by molar-refractivity contribution is -0.119. The van der Waals surface area contributed by atoms with Crippen LogP contribution in [0.1, 0.15) is 18.4 Å². The first kappa shape index (κ1) is 11.5. The Morgan fingerprint density at radius 1 is 1.39 bits per heavy atom. The molecule has 0 spiro atoms. The lowest BCUT2D eigenvalue weighted by Crippen LogP contribution is -2.40. The molecule has 0 bridgehead atoms. The molecule has 0 aromatic heterocycles. The van der Waals surface area contributed by atoms with Crippen LogP contribution in [0.15, 0.2) is 24.3 Å². The first-order valence-corrected chi connectivity index (χ1v) is 6.66. The number of fused-ring (bicyclic) bond motifs is 1. The normalized spacial score (nSPS) is 19.0. The van der Waals surface area contributed by atoms with Gasteiger partial charge in [0.15, 0.2) is 0 Å². The van der Waals surface area contributed by atoms with Gasteiger partial charge in [-0.15, -0.1) is 0 Å². The topological polar surface area (TPSA) is 44.4 Å². The van der Waals surface area contributed by atoms with Crippen LogP contribution in [0, 0.1) is 0 Å². The standard InChI is InChI=1S/C14H19N3O/c18-14(16-12-5-6-12)10-17-8-7-15-9-11-3-1-2-4-13(11)17/h1-4,12,15H,5-10H2,(H,16,18). The number of nitrogens with zero attached hydrogens (tertiary/aromatic N) is 1. The molecule has 1 aromatic carbocycles. The molecule has 4 heteroatoms. The van der Waals surface area contributed by atoms with Gasteiger partial charge in [0.05, 0.1) is 6.54 Å². The predicted octanol–water partition coefficient (Wildman–Crippen LogP) is 0.875. The number of anilines is 1. The molecule has 0 radical (unpaired) electrons. The van der Waals surface area contributed by atoms with Crippen LogP contribution in [0.2, 0.25) is 0 Å². The molecule has 3 rings (SSSR count). The van der Waals surface area contributed by atoms with Crippen LogP contribution in [0.3, 0.4) is 0 Å². The summed E-state index contributed by atoms with van der Waals surface area (Å²) in [7, 11) is 0. The molecule has 1 aliphatic carbocycles. The fraction of sp³-hybridized carbons (Fsp3) is 0.500. The van der Waals surface area contributed by atoms with Gasteiger partial charge in [0.1, 0.15) is 0 Å². The Morgan fingerprint density at radius 3 is 3.06 bits per heavy atom. The molecule has 2 N–H and O–H groups in total. The highest BCUT2D eigenvalue weighted by Gasteiger charge is 2.24. The Morgan fingerprint density at radius 2 is 2.22 bits per heavy atom. The average Bonchev–Trinajstić information content (AvgIpc) is 3.18. The van der Waals surface area contributed by atoms with E-state index in [1.165, 1.54) is 11.3 Å². The van der Waals surface area contributed by atoms with Crippen molar-refractivity contribution in [2.45, 2.75) is 25.4 Å². The molecule has 18 heavy (non-hydrogen) atoms. The number of carbonyl (C=O) groups is 1. The largest absolute Gasteiger partial charge is 0.361 e. The predicted molar refractivity (Wildman–Crippen MR) is 71.5 cm³/mol. The van der Waals surface area contributed by atoms with E-state index in [9.17, 15) is 4.79 Å². The molecule has 0 unspecified atom stereocenters. The van der Waals surface area contributed by atoms with Crippen molar-refractivity contribution in [3.63, 3.8) is 0 Å². The zero-order valence-electron chi connectivity index (χ0n) is 10.5. The first-order chi connectivity index (χ1) is 8.83. The summed E-state index contributed by atoms with van der Waals surface area (Å²) in [5, 5.41) is 6.44. The molecule has 1 saturated carbocycles. The molecular weight excluding hydrogens is 226 g/mol. The highest BCUT2D eigenvalue weighted by Crippen LogP contribution is 2.22. The Bertz CT molecular complexity index is 442. The minimum absolute atomic E-state index is 0.147. The minimum Gasteiger partial charge on any atom is -0.361 e. The average molecular weight is 245 g/mol. The van der Waals surface area contributed by atoms with Gasteiger partial charge in [-0.25, -0.2) is 0 Å². The summed E-state index contributed by atoms with van der Waals surface area (Å²) in [5.41, 5.74) is 2.46. The molecular formula is C14H19N3O. The molecule has 1 fully saturated rings. The maximum atomic E-state index is 11.9. The molecule has 4 nitrogen and oxygen atoms in total. The summed E-state index contributed by atoms with van der Waals surface area (Å²) >= 11 is 0. The van der Waals surface area contributed by atoms with E-state index in [4.69, 9.17) is 0 Å². The van der Waals surface area contributed by atoms with E-state index in [2.05, 4.69) is 27.7 Å². The highest BCUT2D eigenvalue weighted by molar-refractivity contribution is 5.82. The summed E-state index contributed by atoms with van der Waals surface area (Å²) in [6, 6.07) is 8.76. The van der Waals surface area contributed by atoms with Gasteiger partial charge in [-0.2, -0.15) is 0 Å². The van der Waals surface area contributed by atoms with Gasteiger partial charge in [0.25, 0.3) is 0 Å². The smallest absolute Gasteiger partial charge is 0.239 e. The van der Waals surface area contributed by atoms with Gasteiger partial charge in [0.2, 0.25) is 5.91 Å². The second kappa shape index (κ2) is 4.98. The van der Waals surface area contributed by atoms with Crippen LogP contribution in [0.5, 0.6) is 0 Å². The lowest BCUT2D eigenvalue weighted by Gasteiger charge is -2.23. The third-order valence-corrected chi connectivity index (χ3v) is 3.48. The summed E-state index contributed by atoms with van der Waals surface area (Å²) < 4.78 is 0. The van der Waals surface area contributed by atoms with Crippen LogP contribution in [0.25, 0.3) is 0 Å². The van der Waals surface area contributed by atoms with E-state index in [1.807, 2.05) is 12.1 Å². The number of hydrogen-bond donors (Lipinski definition) is 2. The van der Waals surface area contributed by atoms with Gasteiger partial charge < -0.3 is 15.5 Å². The number of hydrogen-bond acceptors (Lipinski definition) is 3. The van der Waals surface area contributed by atoms with Crippen molar-refractivity contribution in [1.82, 2.24) is 10.6 Å². The number of para-hydroxylation sites is 1. The third kappa shape index (κ3) is 2.64. The number of carbonyl (C=O) groups excluding carboxylic acids is 1. The van der Waals surface area contributed by atoms with Crippen LogP contribution in [-0.4, -0.2) is 31.6 Å². The Labute approximate surface area is 107 Å². The molecule has 2 aliphatic rings. The maximum Gasteiger partial charge on any atom is 0.239 e. The summed E-state index contributed by atoms with van der Waals surface area (Å²) in [6.45, 7) is 3.16. The number of nitrogens with one attached hydrogen (secondary N) is 2. The van der Waals surface area contributed by atoms with Gasteiger partial charge in [0, 0.05) is 31.4 Å². The van der Waals surface area contributed by atoms with Crippen LogP contribution < -0.4 is 15.5 Å². The third-order valence-electron chi connectivity index (χ3n) is 3.48. The van der Waals surface area contributed by atoms with Gasteiger partial charge >= 0.3 is 0 Å². The summed E-state index contributed by atoms with van der Waals surface area (Å²) in [6.07, 6.45) is 2.29. The molecule has 96 valence electrons. The molecule has 1 heterocycles. The van der Waals surface area contributed by atoms with Crippen molar-refractivity contribution in [2.75, 3.05) is 24.5 Å². The minimum atomic E-state index is 0.147. The van der Waals surface area contributed by atoms with Crippen molar-refractivity contribution >= 4 is 11.6 Å². The molecule has 0 atom stereocenters. The van der Waals surface area contributed by atoms with Gasteiger partial charge in [-0.1, -0.05) is 18.2 Å². The Balaban J connectivity index is 1.72. The number of benzene rings is 1. The van der Waals surface area contributed by atoms with Crippen LogP contribution in [-0.2, 0) is 11.3 Å². The molecule has 1 aromatic rings. The summed E-state index contributed by atoms with van der Waals surface area (Å²) in [4.78, 5) is 14.1. The van der Waals surface area contributed by atoms with E-state index in [0.717, 1.165) is 32.5 Å². The lowest BCUT2D eigenvalue weighted by atomic mass is 10.1. The summed E-state index contributed by atoms with van der Waals surface area (Å²) in [5.74, 6) is 0.147. The molecule has 0 saturated heterocycles. The molecule has 1 amide bonds. The van der Waals surface area contributed by atoms with E-state index in [1.54, 1.807) is 0 Å². The molecule has 1 aliphatic heterocycles. The number of rotatable bonds is 3. The number of amides is 1. The SMILES string of the molecule is O=C(CN1CCNCc2ccccc21)NC1CC1. The van der Waals surface area contributed by atoms with Crippen molar-refractivity contribution in [2.24, 2.45) is 0 Å². The van der Waals surface area contributed by atoms with Crippen molar-refractivity contribution in [1.29, 1.82) is 0 Å². The van der Waals surface area contributed by atoms with Crippen LogP contribution in [0.4, 0.5) is 5.69 Å². The van der Waals surface area contributed by atoms with Crippen molar-refractivity contribution in [3.05, 3.63) is 29.8 Å². The van der Waals surface area contributed by atoms with Crippen molar-refractivity contribution < 1.29 is 4.79 Å². The Kier molecular flexibility index (Phi) is 3.19. The van der Waals surface area contributed by atoms with Crippen LogP contribution >= 0.6 is 0 Å².